The van der Waals surface area contributed by atoms with Gasteiger partial charge in [-0.15, -0.1) is 11.8 Å². The molecule has 0 radical (unpaired) electrons. The van der Waals surface area contributed by atoms with E-state index in [9.17, 15) is 13.2 Å². The quantitative estimate of drug-likeness (QED) is 0.331. The van der Waals surface area contributed by atoms with Crippen LogP contribution in [0.3, 0.4) is 0 Å². The summed E-state index contributed by atoms with van der Waals surface area (Å²) in [7, 11) is -3.49. The van der Waals surface area contributed by atoms with Crippen LogP contribution in [0.1, 0.15) is 77.2 Å². The van der Waals surface area contributed by atoms with Crippen LogP contribution in [0.5, 0.6) is 0 Å². The molecule has 3 fully saturated rings. The first-order valence-electron chi connectivity index (χ1n) is 15.2. The molecule has 0 spiro atoms. The van der Waals surface area contributed by atoms with Crippen molar-refractivity contribution < 1.29 is 13.2 Å². The van der Waals surface area contributed by atoms with Crippen LogP contribution < -0.4 is 10.6 Å². The normalized spacial score (nSPS) is 22.8. The molecule has 2 aliphatic heterocycles. The molecule has 10 heteroatoms. The van der Waals surface area contributed by atoms with Crippen LogP contribution in [0.25, 0.3) is 0 Å². The predicted molar refractivity (Wildman–Crippen MR) is 170 cm³/mol. The van der Waals surface area contributed by atoms with Gasteiger partial charge in [-0.25, -0.2) is 8.42 Å². The number of hydrogen-bond acceptors (Lipinski definition) is 6. The molecule has 0 unspecified atom stereocenters. The fraction of sp³-hybridized carbons (Fsp3) is 0.733. The van der Waals surface area contributed by atoms with Gasteiger partial charge in [-0.1, -0.05) is 88.5 Å². The van der Waals surface area contributed by atoms with Gasteiger partial charge >= 0.3 is 0 Å². The number of sulfonamides is 1. The van der Waals surface area contributed by atoms with E-state index in [0.29, 0.717) is 28.6 Å². The van der Waals surface area contributed by atoms with Crippen molar-refractivity contribution in [2.24, 2.45) is 11.8 Å². The van der Waals surface area contributed by atoms with Crippen LogP contribution in [0.2, 0.25) is 0 Å². The Labute approximate surface area is 251 Å². The second kappa shape index (κ2) is 15.3. The Bertz CT molecular complexity index is 1060. The van der Waals surface area contributed by atoms with Crippen molar-refractivity contribution in [2.45, 2.75) is 96.3 Å². The molecule has 2 N–H and O–H groups in total. The maximum Gasteiger partial charge on any atom is 0.239 e. The molecule has 1 amide bonds. The summed E-state index contributed by atoms with van der Waals surface area (Å²) in [5, 5.41) is 6.82. The number of benzene rings is 1. The number of thiocarbonyl (C=S) groups is 1. The molecule has 3 aliphatic rings. The minimum Gasteiger partial charge on any atom is -0.375 e. The van der Waals surface area contributed by atoms with Gasteiger partial charge in [-0.05, 0) is 43.1 Å². The van der Waals surface area contributed by atoms with Gasteiger partial charge in [0.1, 0.15) is 6.04 Å². The molecule has 1 saturated carbocycles. The summed E-state index contributed by atoms with van der Waals surface area (Å²) in [4.78, 5) is 16.7. The van der Waals surface area contributed by atoms with Gasteiger partial charge < -0.3 is 10.6 Å². The zero-order valence-electron chi connectivity index (χ0n) is 24.2. The van der Waals surface area contributed by atoms with Crippen LogP contribution in [-0.4, -0.2) is 77.1 Å². The molecular weight excluding hydrogens is 561 g/mol. The molecule has 1 aromatic rings. The number of nitrogens with one attached hydrogen (secondary N) is 2. The van der Waals surface area contributed by atoms with Crippen molar-refractivity contribution in [1.82, 2.24) is 19.8 Å². The van der Waals surface area contributed by atoms with E-state index < -0.39 is 16.1 Å². The highest BCUT2D eigenvalue weighted by molar-refractivity contribution is 8.00. The molecule has 40 heavy (non-hydrogen) atoms. The van der Waals surface area contributed by atoms with Crippen molar-refractivity contribution in [3.63, 3.8) is 0 Å². The van der Waals surface area contributed by atoms with E-state index in [-0.39, 0.29) is 23.6 Å². The van der Waals surface area contributed by atoms with Gasteiger partial charge in [0.25, 0.3) is 0 Å². The highest BCUT2D eigenvalue weighted by Crippen LogP contribution is 2.29. The lowest BCUT2D eigenvalue weighted by atomic mass is 9.85. The third-order valence-corrected chi connectivity index (χ3v) is 12.2. The lowest BCUT2D eigenvalue weighted by Gasteiger charge is -2.34. The van der Waals surface area contributed by atoms with Crippen molar-refractivity contribution in [2.75, 3.05) is 30.5 Å². The van der Waals surface area contributed by atoms with Gasteiger partial charge in [0.05, 0.1) is 22.7 Å². The molecule has 7 nitrogen and oxygen atoms in total. The third kappa shape index (κ3) is 9.41. The van der Waals surface area contributed by atoms with Gasteiger partial charge in [-0.3, -0.25) is 9.69 Å². The van der Waals surface area contributed by atoms with E-state index >= 15 is 0 Å². The molecule has 2 atom stereocenters. The molecule has 4 rings (SSSR count). The third-order valence-electron chi connectivity index (χ3n) is 8.45. The minimum atomic E-state index is -3.49. The average Bonchev–Trinajstić information content (AvgIpc) is 3.44. The first-order chi connectivity index (χ1) is 19.2. The van der Waals surface area contributed by atoms with E-state index in [4.69, 9.17) is 12.2 Å². The highest BCUT2D eigenvalue weighted by Gasteiger charge is 2.40. The number of rotatable bonds is 12. The first-order valence-corrected chi connectivity index (χ1v) is 18.3. The van der Waals surface area contributed by atoms with E-state index in [1.54, 1.807) is 0 Å². The average molecular weight is 609 g/mol. The summed E-state index contributed by atoms with van der Waals surface area (Å²) in [6, 6.07) is 9.94. The zero-order valence-corrected chi connectivity index (χ0v) is 26.7. The Morgan fingerprint density at radius 3 is 2.45 bits per heavy atom. The van der Waals surface area contributed by atoms with Crippen LogP contribution >= 0.6 is 24.0 Å². The summed E-state index contributed by atoms with van der Waals surface area (Å²) in [5.74, 6) is 1.36. The molecule has 1 aliphatic carbocycles. The van der Waals surface area contributed by atoms with Crippen LogP contribution in [0.4, 0.5) is 0 Å². The Kier molecular flexibility index (Phi) is 12.2. The van der Waals surface area contributed by atoms with Crippen molar-refractivity contribution >= 4 is 44.9 Å². The van der Waals surface area contributed by atoms with E-state index in [1.165, 1.54) is 53.7 Å². The largest absolute Gasteiger partial charge is 0.375 e. The molecule has 1 aromatic carbocycles. The summed E-state index contributed by atoms with van der Waals surface area (Å²) >= 11 is 7.44. The molecule has 2 saturated heterocycles. The fourth-order valence-electron chi connectivity index (χ4n) is 6.22. The Hall–Kier alpha value is -1.20. The SMILES string of the molecule is CC(C)CS(=O)(=O)N1CSC[C@H]1C(=O)N[C@H](CCC1CCCCC1)C(=S)NC1CCN(Cc2ccccc2)CC1. The summed E-state index contributed by atoms with van der Waals surface area (Å²) in [6.45, 7) is 6.78. The number of amides is 1. The number of hydrogen-bond donors (Lipinski definition) is 2. The zero-order chi connectivity index (χ0) is 28.5. The first kappa shape index (κ1) is 31.7. The monoisotopic (exact) mass is 608 g/mol. The standard InChI is InChI=1S/C30H48N4O3S3/c1-23(2)21-40(36,37)34-22-39-20-28(34)29(35)32-27(14-13-24-9-5-3-6-10-24)30(38)31-26-15-17-33(18-16-26)19-25-11-7-4-8-12-25/h4,7-8,11-12,23-24,26-28H,3,5-6,9-10,13-22H2,1-2H3,(H,31,38)(H,32,35)/t27-,28+/m1/s1. The fourth-order valence-corrected chi connectivity index (χ4v) is 10.1. The maximum atomic E-state index is 13.5. The van der Waals surface area contributed by atoms with Crippen molar-refractivity contribution in [3.8, 4) is 0 Å². The number of thioether (sulfide) groups is 1. The number of nitrogens with zero attached hydrogens (tertiary/aromatic N) is 2. The highest BCUT2D eigenvalue weighted by atomic mass is 32.2. The van der Waals surface area contributed by atoms with Gasteiger partial charge in [0.15, 0.2) is 0 Å². The summed E-state index contributed by atoms with van der Waals surface area (Å²) in [6.07, 6.45) is 10.3. The number of carbonyl (C=O) groups is 1. The van der Waals surface area contributed by atoms with Crippen LogP contribution in [0.15, 0.2) is 30.3 Å². The summed E-state index contributed by atoms with van der Waals surface area (Å²) in [5.41, 5.74) is 1.34. The Morgan fingerprint density at radius 1 is 1.07 bits per heavy atom. The lowest BCUT2D eigenvalue weighted by Crippen LogP contribution is -2.55. The summed E-state index contributed by atoms with van der Waals surface area (Å²) < 4.78 is 27.4. The number of piperidine rings is 1. The van der Waals surface area contributed by atoms with Gasteiger partial charge in [0.2, 0.25) is 15.9 Å². The molecular formula is C30H48N4O3S3. The molecule has 2 heterocycles. The van der Waals surface area contributed by atoms with Crippen molar-refractivity contribution in [3.05, 3.63) is 35.9 Å². The van der Waals surface area contributed by atoms with Gasteiger partial charge in [0, 0.05) is 31.4 Å². The number of likely N-dealkylation sites (tertiary alicyclic amines) is 1. The second-order valence-corrected chi connectivity index (χ2v) is 15.7. The van der Waals surface area contributed by atoms with Gasteiger partial charge in [-0.2, -0.15) is 4.31 Å². The molecule has 0 bridgehead atoms. The number of carbonyl (C=O) groups excluding carboxylic acids is 1. The Morgan fingerprint density at radius 2 is 1.77 bits per heavy atom. The topological polar surface area (TPSA) is 81.8 Å². The smallest absolute Gasteiger partial charge is 0.239 e. The second-order valence-electron chi connectivity index (χ2n) is 12.3. The van der Waals surface area contributed by atoms with E-state index in [1.807, 2.05) is 13.8 Å². The minimum absolute atomic E-state index is 0.0124. The molecule has 224 valence electrons. The predicted octanol–water partition coefficient (Wildman–Crippen LogP) is 4.77. The van der Waals surface area contributed by atoms with Crippen LogP contribution in [0, 0.1) is 11.8 Å². The maximum absolute atomic E-state index is 13.5. The van der Waals surface area contributed by atoms with Crippen LogP contribution in [-0.2, 0) is 21.4 Å². The lowest BCUT2D eigenvalue weighted by molar-refractivity contribution is -0.124. The molecule has 0 aromatic heterocycles. The van der Waals surface area contributed by atoms with E-state index in [2.05, 4.69) is 45.9 Å². The Balaban J connectivity index is 1.35. The van der Waals surface area contributed by atoms with Crippen molar-refractivity contribution in [1.29, 1.82) is 0 Å². The van der Waals surface area contributed by atoms with E-state index in [0.717, 1.165) is 45.3 Å².